The molecule has 0 radical (unpaired) electrons. The predicted molar refractivity (Wildman–Crippen MR) is 79.0 cm³/mol. The molecule has 0 aliphatic heterocycles. The molecule has 0 heterocycles. The largest absolute Gasteiger partial charge is 0.399 e. The second-order valence-corrected chi connectivity index (χ2v) is 5.00. The van der Waals surface area contributed by atoms with Crippen LogP contribution in [0.25, 0.3) is 0 Å². The maximum absolute atomic E-state index is 13.1. The highest BCUT2D eigenvalue weighted by Crippen LogP contribution is 2.23. The van der Waals surface area contributed by atoms with Crippen molar-refractivity contribution in [2.75, 3.05) is 11.1 Å². The first-order chi connectivity index (χ1) is 9.86. The number of hydrogen-bond donors (Lipinski definition) is 2. The van der Waals surface area contributed by atoms with Gasteiger partial charge in [-0.2, -0.15) is 0 Å². The van der Waals surface area contributed by atoms with Crippen molar-refractivity contribution in [2.45, 2.75) is 20.3 Å². The molecule has 0 atom stereocenters. The van der Waals surface area contributed by atoms with Crippen molar-refractivity contribution in [1.29, 1.82) is 0 Å². The number of amides is 1. The van der Waals surface area contributed by atoms with Crippen molar-refractivity contribution in [1.82, 2.24) is 0 Å². The molecule has 1 amide bonds. The summed E-state index contributed by atoms with van der Waals surface area (Å²) in [7, 11) is 0. The number of nitrogen functional groups attached to an aromatic ring is 1. The fourth-order valence-corrected chi connectivity index (χ4v) is 2.21. The Labute approximate surface area is 121 Å². The van der Waals surface area contributed by atoms with Gasteiger partial charge in [0.15, 0.2) is 11.6 Å². The molecule has 0 unspecified atom stereocenters. The van der Waals surface area contributed by atoms with Gasteiger partial charge in [-0.1, -0.05) is 6.07 Å². The summed E-state index contributed by atoms with van der Waals surface area (Å²) in [6.07, 6.45) is -0.0273. The minimum atomic E-state index is -0.958. The highest BCUT2D eigenvalue weighted by molar-refractivity contribution is 5.94. The summed E-state index contributed by atoms with van der Waals surface area (Å²) in [5, 5.41) is 2.78. The summed E-state index contributed by atoms with van der Waals surface area (Å²) in [5.41, 5.74) is 9.16. The molecule has 5 heteroatoms. The van der Waals surface area contributed by atoms with Gasteiger partial charge < -0.3 is 11.1 Å². The van der Waals surface area contributed by atoms with Crippen LogP contribution in [0.3, 0.4) is 0 Å². The highest BCUT2D eigenvalue weighted by atomic mass is 19.2. The molecular formula is C16H16F2N2O. The molecular weight excluding hydrogens is 274 g/mol. The fourth-order valence-electron chi connectivity index (χ4n) is 2.21. The Morgan fingerprint density at radius 1 is 1.10 bits per heavy atom. The topological polar surface area (TPSA) is 55.1 Å². The third-order valence-corrected chi connectivity index (χ3v) is 3.17. The van der Waals surface area contributed by atoms with E-state index in [0.717, 1.165) is 23.3 Å². The Kier molecular flexibility index (Phi) is 4.21. The highest BCUT2D eigenvalue weighted by Gasteiger charge is 2.10. The first-order valence-corrected chi connectivity index (χ1v) is 6.47. The van der Waals surface area contributed by atoms with E-state index >= 15 is 0 Å². The van der Waals surface area contributed by atoms with Gasteiger partial charge in [-0.3, -0.25) is 4.79 Å². The van der Waals surface area contributed by atoms with E-state index in [1.54, 1.807) is 12.1 Å². The number of carbonyl (C=O) groups excluding carboxylic acids is 1. The maximum atomic E-state index is 13.1. The van der Waals surface area contributed by atoms with Gasteiger partial charge in [0, 0.05) is 11.4 Å². The molecule has 0 fully saturated rings. The summed E-state index contributed by atoms with van der Waals surface area (Å²) >= 11 is 0. The van der Waals surface area contributed by atoms with Crippen LogP contribution >= 0.6 is 0 Å². The second-order valence-electron chi connectivity index (χ2n) is 5.00. The van der Waals surface area contributed by atoms with Crippen molar-refractivity contribution < 1.29 is 13.6 Å². The van der Waals surface area contributed by atoms with Crippen molar-refractivity contribution >= 4 is 17.3 Å². The Balaban J connectivity index is 2.13. The van der Waals surface area contributed by atoms with Gasteiger partial charge in [0.2, 0.25) is 5.91 Å². The summed E-state index contributed by atoms with van der Waals surface area (Å²) in [6.45, 7) is 3.69. The molecule has 0 bridgehead atoms. The third kappa shape index (κ3) is 3.56. The van der Waals surface area contributed by atoms with Crippen molar-refractivity contribution in [3.8, 4) is 0 Å². The van der Waals surface area contributed by atoms with Crippen LogP contribution in [0.2, 0.25) is 0 Å². The lowest BCUT2D eigenvalue weighted by Gasteiger charge is -2.12. The third-order valence-electron chi connectivity index (χ3n) is 3.17. The number of aryl methyl sites for hydroxylation is 2. The van der Waals surface area contributed by atoms with Gasteiger partial charge in [-0.15, -0.1) is 0 Å². The van der Waals surface area contributed by atoms with Crippen LogP contribution in [0.1, 0.15) is 16.7 Å². The Morgan fingerprint density at radius 2 is 1.71 bits per heavy atom. The molecule has 3 nitrogen and oxygen atoms in total. The molecule has 0 spiro atoms. The lowest BCUT2D eigenvalue weighted by molar-refractivity contribution is -0.115. The lowest BCUT2D eigenvalue weighted by Crippen LogP contribution is -2.16. The number of hydrogen-bond acceptors (Lipinski definition) is 2. The SMILES string of the molecule is Cc1cc(N)cc(C)c1NC(=O)Cc1ccc(F)c(F)c1. The molecule has 0 aliphatic carbocycles. The number of halogens is 2. The number of nitrogens with one attached hydrogen (secondary N) is 1. The van der Waals surface area contributed by atoms with E-state index in [1.807, 2.05) is 13.8 Å². The van der Waals surface area contributed by atoms with Gasteiger partial charge in [0.05, 0.1) is 6.42 Å². The van der Waals surface area contributed by atoms with Gasteiger partial charge in [0.25, 0.3) is 0 Å². The van der Waals surface area contributed by atoms with Crippen LogP contribution in [-0.2, 0) is 11.2 Å². The molecule has 2 aromatic rings. The minimum Gasteiger partial charge on any atom is -0.399 e. The monoisotopic (exact) mass is 290 g/mol. The van der Waals surface area contributed by atoms with E-state index in [1.165, 1.54) is 6.07 Å². The Bertz CT molecular complexity index is 676. The van der Waals surface area contributed by atoms with Crippen LogP contribution in [0.15, 0.2) is 30.3 Å². The van der Waals surface area contributed by atoms with Crippen molar-refractivity contribution in [3.05, 3.63) is 58.7 Å². The van der Waals surface area contributed by atoms with E-state index in [-0.39, 0.29) is 12.3 Å². The standard InChI is InChI=1S/C16H16F2N2O/c1-9-5-12(19)6-10(2)16(9)20-15(21)8-11-3-4-13(17)14(18)7-11/h3-7H,8,19H2,1-2H3,(H,20,21). The van der Waals surface area contributed by atoms with Crippen molar-refractivity contribution in [2.24, 2.45) is 0 Å². The number of anilines is 2. The molecule has 3 N–H and O–H groups in total. The average Bonchev–Trinajstić information content (AvgIpc) is 2.38. The zero-order valence-corrected chi connectivity index (χ0v) is 11.8. The van der Waals surface area contributed by atoms with Crippen molar-refractivity contribution in [3.63, 3.8) is 0 Å². The zero-order valence-electron chi connectivity index (χ0n) is 11.8. The fraction of sp³-hybridized carbons (Fsp3) is 0.188. The first kappa shape index (κ1) is 15.0. The molecule has 21 heavy (non-hydrogen) atoms. The Hall–Kier alpha value is -2.43. The number of carbonyl (C=O) groups is 1. The van der Waals surface area contributed by atoms with Gasteiger partial charge in [0.1, 0.15) is 0 Å². The minimum absolute atomic E-state index is 0.0273. The number of rotatable bonds is 3. The van der Waals surface area contributed by atoms with E-state index < -0.39 is 11.6 Å². The maximum Gasteiger partial charge on any atom is 0.228 e. The molecule has 0 aliphatic rings. The van der Waals surface area contributed by atoms with Gasteiger partial charge in [-0.25, -0.2) is 8.78 Å². The first-order valence-electron chi connectivity index (χ1n) is 6.47. The van der Waals surface area contributed by atoms with Crippen LogP contribution in [-0.4, -0.2) is 5.91 Å². The average molecular weight is 290 g/mol. The molecule has 0 saturated heterocycles. The molecule has 0 saturated carbocycles. The number of benzene rings is 2. The molecule has 2 aromatic carbocycles. The summed E-state index contributed by atoms with van der Waals surface area (Å²) < 4.78 is 25.9. The van der Waals surface area contributed by atoms with E-state index in [2.05, 4.69) is 5.32 Å². The summed E-state index contributed by atoms with van der Waals surface area (Å²) in [6, 6.07) is 6.95. The molecule has 0 aromatic heterocycles. The lowest BCUT2D eigenvalue weighted by atomic mass is 10.1. The van der Waals surface area contributed by atoms with E-state index in [0.29, 0.717) is 16.9 Å². The molecule has 110 valence electrons. The Morgan fingerprint density at radius 3 is 2.29 bits per heavy atom. The summed E-state index contributed by atoms with van der Waals surface area (Å²) in [5.74, 6) is -2.18. The smallest absolute Gasteiger partial charge is 0.228 e. The zero-order chi connectivity index (χ0) is 15.6. The normalized spacial score (nSPS) is 10.5. The van der Waals surface area contributed by atoms with Gasteiger partial charge in [-0.05, 0) is 54.8 Å². The van der Waals surface area contributed by atoms with Crippen LogP contribution in [0, 0.1) is 25.5 Å². The van der Waals surface area contributed by atoms with E-state index in [9.17, 15) is 13.6 Å². The van der Waals surface area contributed by atoms with Crippen LogP contribution in [0.5, 0.6) is 0 Å². The van der Waals surface area contributed by atoms with E-state index in [4.69, 9.17) is 5.73 Å². The molecule has 2 rings (SSSR count). The number of nitrogens with two attached hydrogens (primary N) is 1. The quantitative estimate of drug-likeness (QED) is 0.852. The second kappa shape index (κ2) is 5.91. The van der Waals surface area contributed by atoms with Crippen LogP contribution < -0.4 is 11.1 Å². The van der Waals surface area contributed by atoms with Crippen LogP contribution in [0.4, 0.5) is 20.2 Å². The predicted octanol–water partition coefficient (Wildman–Crippen LogP) is 3.35. The summed E-state index contributed by atoms with van der Waals surface area (Å²) in [4.78, 5) is 12.0. The van der Waals surface area contributed by atoms with Gasteiger partial charge >= 0.3 is 0 Å².